The number of aliphatic hydroxyl groups is 1. The first-order valence-corrected chi connectivity index (χ1v) is 6.08. The Morgan fingerprint density at radius 2 is 2.00 bits per heavy atom. The van der Waals surface area contributed by atoms with Crippen LogP contribution in [-0.4, -0.2) is 34.7 Å². The van der Waals surface area contributed by atoms with Gasteiger partial charge in [0, 0.05) is 18.5 Å². The highest BCUT2D eigenvalue weighted by atomic mass is 16.3. The summed E-state index contributed by atoms with van der Waals surface area (Å²) >= 11 is 0. The van der Waals surface area contributed by atoms with Crippen molar-refractivity contribution in [1.29, 1.82) is 0 Å². The van der Waals surface area contributed by atoms with Crippen molar-refractivity contribution < 1.29 is 5.11 Å². The molecule has 2 rings (SSSR count). The largest absolute Gasteiger partial charge is 0.390 e. The van der Waals surface area contributed by atoms with Crippen molar-refractivity contribution in [1.82, 2.24) is 4.90 Å². The first-order valence-electron chi connectivity index (χ1n) is 6.08. The third-order valence-electron chi connectivity index (χ3n) is 4.16. The fourth-order valence-electron chi connectivity index (χ4n) is 2.86. The summed E-state index contributed by atoms with van der Waals surface area (Å²) in [5.41, 5.74) is -0.284. The summed E-state index contributed by atoms with van der Waals surface area (Å²) in [5.74, 6) is 0.549. The Balaban J connectivity index is 1.93. The maximum absolute atomic E-state index is 10.3. The van der Waals surface area contributed by atoms with Gasteiger partial charge < -0.3 is 10.0 Å². The molecule has 1 saturated heterocycles. The zero-order chi connectivity index (χ0) is 10.2. The lowest BCUT2D eigenvalue weighted by Crippen LogP contribution is -2.52. The summed E-state index contributed by atoms with van der Waals surface area (Å²) < 4.78 is 0. The molecule has 1 heterocycles. The SMILES string of the molecule is CC(C)N1CCCC(C2(O)CCC2)C1. The average Bonchev–Trinajstić information content (AvgIpc) is 2.14. The van der Waals surface area contributed by atoms with Crippen LogP contribution in [0.5, 0.6) is 0 Å². The first-order chi connectivity index (χ1) is 6.62. The normalized spacial score (nSPS) is 33.0. The van der Waals surface area contributed by atoms with Crippen LogP contribution in [0.25, 0.3) is 0 Å². The van der Waals surface area contributed by atoms with Gasteiger partial charge in [-0.25, -0.2) is 0 Å². The second-order valence-corrected chi connectivity index (χ2v) is 5.38. The van der Waals surface area contributed by atoms with Gasteiger partial charge in [0.05, 0.1) is 5.60 Å². The van der Waals surface area contributed by atoms with Crippen molar-refractivity contribution in [3.63, 3.8) is 0 Å². The second-order valence-electron chi connectivity index (χ2n) is 5.38. The van der Waals surface area contributed by atoms with Crippen molar-refractivity contribution in [3.8, 4) is 0 Å². The van der Waals surface area contributed by atoms with Crippen LogP contribution in [0.4, 0.5) is 0 Å². The summed E-state index contributed by atoms with van der Waals surface area (Å²) in [6.07, 6.45) is 5.83. The molecule has 2 aliphatic rings. The zero-order valence-electron chi connectivity index (χ0n) is 9.50. The van der Waals surface area contributed by atoms with Crippen molar-refractivity contribution in [2.24, 2.45) is 5.92 Å². The van der Waals surface area contributed by atoms with Gasteiger partial charge in [-0.1, -0.05) is 0 Å². The Hall–Kier alpha value is -0.0800. The molecule has 2 fully saturated rings. The molecule has 0 spiro atoms. The van der Waals surface area contributed by atoms with Crippen LogP contribution in [0.1, 0.15) is 46.0 Å². The van der Waals surface area contributed by atoms with E-state index in [2.05, 4.69) is 18.7 Å². The van der Waals surface area contributed by atoms with Crippen LogP contribution in [0.15, 0.2) is 0 Å². The molecule has 0 radical (unpaired) electrons. The van der Waals surface area contributed by atoms with E-state index in [0.717, 1.165) is 19.4 Å². The molecule has 0 aromatic carbocycles. The van der Waals surface area contributed by atoms with E-state index in [1.54, 1.807) is 0 Å². The molecule has 0 amide bonds. The predicted molar refractivity (Wildman–Crippen MR) is 58.2 cm³/mol. The van der Waals surface area contributed by atoms with Gasteiger partial charge in [0.15, 0.2) is 0 Å². The van der Waals surface area contributed by atoms with E-state index < -0.39 is 0 Å². The minimum Gasteiger partial charge on any atom is -0.390 e. The van der Waals surface area contributed by atoms with E-state index in [1.807, 2.05) is 0 Å². The van der Waals surface area contributed by atoms with Crippen molar-refractivity contribution in [2.45, 2.75) is 57.6 Å². The Labute approximate surface area is 87.3 Å². The van der Waals surface area contributed by atoms with E-state index in [4.69, 9.17) is 0 Å². The Morgan fingerprint density at radius 1 is 1.29 bits per heavy atom. The number of hydrogen-bond acceptors (Lipinski definition) is 2. The van der Waals surface area contributed by atoms with Crippen LogP contribution in [-0.2, 0) is 0 Å². The van der Waals surface area contributed by atoms with Gasteiger partial charge in [0.2, 0.25) is 0 Å². The van der Waals surface area contributed by atoms with Gasteiger partial charge >= 0.3 is 0 Å². The Bertz CT molecular complexity index is 198. The Kier molecular flexibility index (Phi) is 2.85. The van der Waals surface area contributed by atoms with Crippen LogP contribution in [0, 0.1) is 5.92 Å². The summed E-state index contributed by atoms with van der Waals surface area (Å²) in [4.78, 5) is 2.52. The van der Waals surface area contributed by atoms with E-state index in [9.17, 15) is 5.11 Å². The molecule has 2 nitrogen and oxygen atoms in total. The molecular weight excluding hydrogens is 174 g/mol. The fraction of sp³-hybridized carbons (Fsp3) is 1.00. The lowest BCUT2D eigenvalue weighted by molar-refractivity contribution is -0.105. The van der Waals surface area contributed by atoms with Crippen LogP contribution in [0.3, 0.4) is 0 Å². The number of nitrogens with zero attached hydrogens (tertiary/aromatic N) is 1. The van der Waals surface area contributed by atoms with E-state index in [1.165, 1.54) is 25.8 Å². The maximum Gasteiger partial charge on any atom is 0.0688 e. The van der Waals surface area contributed by atoms with Crippen molar-refractivity contribution >= 4 is 0 Å². The number of piperidine rings is 1. The molecule has 0 aromatic rings. The van der Waals surface area contributed by atoms with E-state index in [0.29, 0.717) is 12.0 Å². The monoisotopic (exact) mass is 197 g/mol. The van der Waals surface area contributed by atoms with Crippen LogP contribution < -0.4 is 0 Å². The van der Waals surface area contributed by atoms with Gasteiger partial charge in [-0.05, 0) is 52.5 Å². The molecule has 1 N–H and O–H groups in total. The van der Waals surface area contributed by atoms with Crippen molar-refractivity contribution in [2.75, 3.05) is 13.1 Å². The summed E-state index contributed by atoms with van der Waals surface area (Å²) in [5, 5.41) is 10.3. The third-order valence-corrected chi connectivity index (χ3v) is 4.16. The van der Waals surface area contributed by atoms with Gasteiger partial charge in [-0.2, -0.15) is 0 Å². The third kappa shape index (κ3) is 1.82. The fourth-order valence-corrected chi connectivity index (χ4v) is 2.86. The van der Waals surface area contributed by atoms with E-state index in [-0.39, 0.29) is 5.60 Å². The molecule has 82 valence electrons. The first kappa shape index (κ1) is 10.4. The predicted octanol–water partition coefficient (Wildman–Crippen LogP) is 2.02. The highest BCUT2D eigenvalue weighted by Gasteiger charge is 2.43. The second kappa shape index (κ2) is 3.82. The topological polar surface area (TPSA) is 23.5 Å². The zero-order valence-corrected chi connectivity index (χ0v) is 9.50. The minimum absolute atomic E-state index is 0.284. The van der Waals surface area contributed by atoms with Gasteiger partial charge in [0.25, 0.3) is 0 Å². The quantitative estimate of drug-likeness (QED) is 0.732. The standard InChI is InChI=1S/C12H23NO/c1-10(2)13-8-3-5-11(9-13)12(14)6-4-7-12/h10-11,14H,3-9H2,1-2H3. The van der Waals surface area contributed by atoms with Gasteiger partial charge in [-0.15, -0.1) is 0 Å². The molecule has 1 saturated carbocycles. The highest BCUT2D eigenvalue weighted by Crippen LogP contribution is 2.42. The molecule has 1 unspecified atom stereocenters. The maximum atomic E-state index is 10.3. The summed E-state index contributed by atoms with van der Waals surface area (Å²) in [6.45, 7) is 6.86. The minimum atomic E-state index is -0.284. The molecule has 1 aliphatic heterocycles. The lowest BCUT2D eigenvalue weighted by atomic mass is 9.68. The lowest BCUT2D eigenvalue weighted by Gasteiger charge is -2.48. The molecular formula is C12H23NO. The van der Waals surface area contributed by atoms with Crippen LogP contribution in [0.2, 0.25) is 0 Å². The molecule has 0 bridgehead atoms. The summed E-state index contributed by atoms with van der Waals surface area (Å²) in [7, 11) is 0. The van der Waals surface area contributed by atoms with Crippen molar-refractivity contribution in [3.05, 3.63) is 0 Å². The Morgan fingerprint density at radius 3 is 2.50 bits per heavy atom. The molecule has 2 heteroatoms. The highest BCUT2D eigenvalue weighted by molar-refractivity contribution is 4.96. The number of hydrogen-bond donors (Lipinski definition) is 1. The van der Waals surface area contributed by atoms with E-state index >= 15 is 0 Å². The summed E-state index contributed by atoms with van der Waals surface area (Å²) in [6, 6.07) is 0.640. The molecule has 1 aliphatic carbocycles. The number of rotatable bonds is 2. The number of likely N-dealkylation sites (tertiary alicyclic amines) is 1. The smallest absolute Gasteiger partial charge is 0.0688 e. The van der Waals surface area contributed by atoms with Crippen LogP contribution >= 0.6 is 0 Å². The molecule has 1 atom stereocenters. The average molecular weight is 197 g/mol. The van der Waals surface area contributed by atoms with Gasteiger partial charge in [-0.3, -0.25) is 0 Å². The molecule has 14 heavy (non-hydrogen) atoms. The molecule has 0 aromatic heterocycles. The van der Waals surface area contributed by atoms with Gasteiger partial charge in [0.1, 0.15) is 0 Å².